The molecular weight excluding hydrogens is 170 g/mol. The zero-order valence-corrected chi connectivity index (χ0v) is 6.68. The minimum absolute atomic E-state index is 0.473. The van der Waals surface area contributed by atoms with Crippen molar-refractivity contribution < 1.29 is 9.90 Å². The molecular formula is C8H7N3O2. The lowest BCUT2D eigenvalue weighted by Gasteiger charge is -2.10. The Morgan fingerprint density at radius 3 is 2.54 bits per heavy atom. The van der Waals surface area contributed by atoms with E-state index in [1.165, 1.54) is 0 Å². The first-order chi connectivity index (χ1) is 6.25. The number of nitrogens with one attached hydrogen (secondary N) is 1. The zero-order chi connectivity index (χ0) is 9.68. The Kier molecular flexibility index (Phi) is 2.82. The van der Waals surface area contributed by atoms with E-state index in [0.29, 0.717) is 5.56 Å². The molecule has 1 aromatic carbocycles. The van der Waals surface area contributed by atoms with Gasteiger partial charge in [-0.3, -0.25) is 0 Å². The van der Waals surface area contributed by atoms with Crippen LogP contribution in [-0.4, -0.2) is 5.97 Å². The Morgan fingerprint density at radius 1 is 1.46 bits per heavy atom. The van der Waals surface area contributed by atoms with E-state index in [1.807, 2.05) is 5.43 Å². The van der Waals surface area contributed by atoms with Crippen LogP contribution in [0.4, 0.5) is 0 Å². The molecule has 0 heterocycles. The number of nitrogens with zero attached hydrogens (tertiary/aromatic N) is 2. The Hall–Kier alpha value is -2.09. The van der Waals surface area contributed by atoms with E-state index in [0.717, 1.165) is 0 Å². The maximum atomic E-state index is 10.5. The third-order valence-corrected chi connectivity index (χ3v) is 1.56. The van der Waals surface area contributed by atoms with Crippen LogP contribution in [0.2, 0.25) is 0 Å². The molecule has 0 fully saturated rings. The number of carbonyl (C=O) groups is 1. The van der Waals surface area contributed by atoms with Gasteiger partial charge in [-0.2, -0.15) is 0 Å². The van der Waals surface area contributed by atoms with Gasteiger partial charge in [0.15, 0.2) is 6.04 Å². The molecule has 13 heavy (non-hydrogen) atoms. The molecule has 0 bridgehead atoms. The fraction of sp³-hybridized carbons (Fsp3) is 0.125. The smallest absolute Gasteiger partial charge is 0.303 e. The molecule has 0 aliphatic heterocycles. The molecule has 1 rings (SSSR count). The molecule has 5 heteroatoms. The Morgan fingerprint density at radius 2 is 2.08 bits per heavy atom. The van der Waals surface area contributed by atoms with E-state index in [1.54, 1.807) is 30.3 Å². The molecule has 0 aromatic heterocycles. The van der Waals surface area contributed by atoms with Crippen molar-refractivity contribution in [2.45, 2.75) is 6.04 Å². The summed E-state index contributed by atoms with van der Waals surface area (Å²) in [4.78, 5) is 10.5. The minimum Gasteiger partial charge on any atom is -0.547 e. The Balaban J connectivity index is 2.90. The first kappa shape index (κ1) is 9.00. The first-order valence-electron chi connectivity index (χ1n) is 3.61. The summed E-state index contributed by atoms with van der Waals surface area (Å²) in [6, 6.07) is 7.20. The van der Waals surface area contributed by atoms with Crippen LogP contribution in [0.1, 0.15) is 11.6 Å². The number of carboxylic acid groups (broad SMARTS) is 1. The van der Waals surface area contributed by atoms with Crippen LogP contribution >= 0.6 is 0 Å². The van der Waals surface area contributed by atoms with E-state index in [9.17, 15) is 9.90 Å². The summed E-state index contributed by atoms with van der Waals surface area (Å²) in [6.07, 6.45) is 0. The number of hydrogen-bond donors (Lipinski definition) is 1. The van der Waals surface area contributed by atoms with Gasteiger partial charge < -0.3 is 9.90 Å². The summed E-state index contributed by atoms with van der Waals surface area (Å²) in [5.74, 6) is -1.34. The van der Waals surface area contributed by atoms with Crippen molar-refractivity contribution >= 4 is 5.97 Å². The van der Waals surface area contributed by atoms with Crippen LogP contribution in [-0.2, 0) is 4.79 Å². The predicted octanol–water partition coefficient (Wildman–Crippen LogP) is -0.165. The second kappa shape index (κ2) is 4.07. The summed E-state index contributed by atoms with van der Waals surface area (Å²) in [5, 5.41) is 21.3. The quantitative estimate of drug-likeness (QED) is 0.513. The predicted molar refractivity (Wildman–Crippen MR) is 42.4 cm³/mol. The zero-order valence-electron chi connectivity index (χ0n) is 6.68. The van der Waals surface area contributed by atoms with Crippen LogP contribution in [0.5, 0.6) is 0 Å². The minimum atomic E-state index is -1.34. The number of carboxylic acids is 1. The largest absolute Gasteiger partial charge is 0.547 e. The average molecular weight is 177 g/mol. The first-order valence-corrected chi connectivity index (χ1v) is 3.61. The molecule has 66 valence electrons. The molecule has 1 aromatic rings. The number of rotatable bonds is 3. The van der Waals surface area contributed by atoms with E-state index in [4.69, 9.17) is 5.39 Å². The van der Waals surface area contributed by atoms with Gasteiger partial charge in [-0.1, -0.05) is 30.3 Å². The van der Waals surface area contributed by atoms with Gasteiger partial charge >= 0.3 is 5.08 Å². The van der Waals surface area contributed by atoms with E-state index >= 15 is 0 Å². The number of aliphatic carboxylic acids is 1. The molecule has 1 atom stereocenters. The van der Waals surface area contributed by atoms with Crippen molar-refractivity contribution in [2.24, 2.45) is 0 Å². The average Bonchev–Trinajstić information content (AvgIpc) is 2.15. The van der Waals surface area contributed by atoms with E-state index < -0.39 is 12.0 Å². The topological polar surface area (TPSA) is 80.3 Å². The van der Waals surface area contributed by atoms with Crippen molar-refractivity contribution in [1.29, 1.82) is 5.39 Å². The van der Waals surface area contributed by atoms with Crippen LogP contribution in [0.15, 0.2) is 30.3 Å². The molecule has 0 radical (unpaired) electrons. The van der Waals surface area contributed by atoms with Crippen LogP contribution in [0, 0.1) is 5.39 Å². The molecule has 0 saturated carbocycles. The highest BCUT2D eigenvalue weighted by Crippen LogP contribution is 2.10. The number of benzene rings is 1. The Bertz CT molecular complexity index is 331. The Labute approximate surface area is 74.6 Å². The van der Waals surface area contributed by atoms with E-state index in [-0.39, 0.29) is 0 Å². The fourth-order valence-corrected chi connectivity index (χ4v) is 0.967. The summed E-state index contributed by atoms with van der Waals surface area (Å²) in [5.41, 5.74) is 2.49. The van der Waals surface area contributed by atoms with Gasteiger partial charge in [-0.25, -0.2) is 0 Å². The highest BCUT2D eigenvalue weighted by molar-refractivity contribution is 5.73. The summed E-state index contributed by atoms with van der Waals surface area (Å²) in [7, 11) is 0. The van der Waals surface area contributed by atoms with Crippen LogP contribution in [0.25, 0.3) is 5.08 Å². The highest BCUT2D eigenvalue weighted by atomic mass is 16.4. The molecule has 1 N–H and O–H groups in total. The molecule has 5 nitrogen and oxygen atoms in total. The fourth-order valence-electron chi connectivity index (χ4n) is 0.967. The van der Waals surface area contributed by atoms with Crippen molar-refractivity contribution in [1.82, 2.24) is 5.43 Å². The summed E-state index contributed by atoms with van der Waals surface area (Å²) >= 11 is 0. The van der Waals surface area contributed by atoms with Gasteiger partial charge in [0.2, 0.25) is 0 Å². The monoisotopic (exact) mass is 177 g/mol. The third-order valence-electron chi connectivity index (χ3n) is 1.56. The summed E-state index contributed by atoms with van der Waals surface area (Å²) in [6.45, 7) is 0. The van der Waals surface area contributed by atoms with Gasteiger partial charge in [0, 0.05) is 0 Å². The highest BCUT2D eigenvalue weighted by Gasteiger charge is 2.16. The van der Waals surface area contributed by atoms with Gasteiger partial charge in [-0.15, -0.1) is 0 Å². The van der Waals surface area contributed by atoms with Gasteiger partial charge in [0.1, 0.15) is 0 Å². The maximum Gasteiger partial charge on any atom is 0.303 e. The van der Waals surface area contributed by atoms with Gasteiger partial charge in [0.05, 0.1) is 5.97 Å². The molecule has 0 aliphatic rings. The molecule has 0 amide bonds. The SMILES string of the molecule is N#[N+]NC(C(=O)[O-])c1ccccc1. The van der Waals surface area contributed by atoms with Crippen molar-refractivity contribution in [3.63, 3.8) is 0 Å². The molecule has 0 aliphatic carbocycles. The third kappa shape index (κ3) is 2.17. The lowest BCUT2D eigenvalue weighted by molar-refractivity contribution is -0.308. The van der Waals surface area contributed by atoms with Gasteiger partial charge in [-0.05, 0) is 11.0 Å². The normalized spacial score (nSPS) is 11.3. The second-order valence-electron chi connectivity index (χ2n) is 2.39. The maximum absolute atomic E-state index is 10.5. The van der Waals surface area contributed by atoms with Crippen molar-refractivity contribution in [3.05, 3.63) is 41.0 Å². The number of hydrogen-bond acceptors (Lipinski definition) is 4. The molecule has 0 spiro atoms. The number of carbonyl (C=O) groups excluding carboxylic acids is 1. The lowest BCUT2D eigenvalue weighted by Crippen LogP contribution is -2.35. The van der Waals surface area contributed by atoms with E-state index in [2.05, 4.69) is 5.08 Å². The second-order valence-corrected chi connectivity index (χ2v) is 2.39. The van der Waals surface area contributed by atoms with Crippen LogP contribution < -0.4 is 10.5 Å². The molecule has 1 unspecified atom stereocenters. The molecule has 0 saturated heterocycles. The van der Waals surface area contributed by atoms with Gasteiger partial charge in [0.25, 0.3) is 5.39 Å². The summed E-state index contributed by atoms with van der Waals surface area (Å²) < 4.78 is 0. The van der Waals surface area contributed by atoms with Crippen molar-refractivity contribution in [3.8, 4) is 0 Å². The number of diazo groups is 1. The standard InChI is InChI=1S/C8H7N3O2/c9-11-10-7(8(12)13)6-4-2-1-3-5-6/h1-5,7,10H. The lowest BCUT2D eigenvalue weighted by atomic mass is 10.1. The van der Waals surface area contributed by atoms with Crippen molar-refractivity contribution in [2.75, 3.05) is 0 Å². The van der Waals surface area contributed by atoms with Crippen LogP contribution in [0.3, 0.4) is 0 Å².